The van der Waals surface area contributed by atoms with E-state index >= 15 is 0 Å². The van der Waals surface area contributed by atoms with Crippen LogP contribution in [0.2, 0.25) is 0 Å². The van der Waals surface area contributed by atoms with Crippen molar-refractivity contribution < 1.29 is 14.0 Å². The lowest BCUT2D eigenvalue weighted by molar-refractivity contribution is -0.140. The number of benzene rings is 2. The molecule has 4 nitrogen and oxygen atoms in total. The molecule has 0 bridgehead atoms. The summed E-state index contributed by atoms with van der Waals surface area (Å²) in [5.41, 5.74) is 3.64. The van der Waals surface area contributed by atoms with Crippen LogP contribution in [-0.4, -0.2) is 29.3 Å². The molecule has 2 fully saturated rings. The molecule has 1 unspecified atom stereocenters. The lowest BCUT2D eigenvalue weighted by atomic mass is 10.1. The van der Waals surface area contributed by atoms with Crippen LogP contribution in [0.5, 0.6) is 0 Å². The second-order valence-corrected chi connectivity index (χ2v) is 7.89. The predicted molar refractivity (Wildman–Crippen MR) is 106 cm³/mol. The Morgan fingerprint density at radius 3 is 2.54 bits per heavy atom. The Balaban J connectivity index is 1.52. The fraction of sp³-hybridized carbons (Fsp3) is 0.391. The molecule has 2 aromatic carbocycles. The zero-order valence-corrected chi connectivity index (χ0v) is 16.3. The van der Waals surface area contributed by atoms with Gasteiger partial charge in [0.25, 0.3) is 0 Å². The zero-order chi connectivity index (χ0) is 19.8. The minimum absolute atomic E-state index is 0.121. The molecular formula is C23H25FN2O2. The molecule has 1 heterocycles. The van der Waals surface area contributed by atoms with Crippen molar-refractivity contribution >= 4 is 17.5 Å². The number of aryl methyl sites for hydroxylation is 2. The maximum Gasteiger partial charge on any atom is 0.239 e. The Morgan fingerprint density at radius 1 is 1.11 bits per heavy atom. The number of anilines is 1. The van der Waals surface area contributed by atoms with Crippen LogP contribution in [0.1, 0.15) is 36.0 Å². The molecule has 2 amide bonds. The number of carbonyl (C=O) groups excluding carboxylic acids is 2. The number of rotatable bonds is 5. The summed E-state index contributed by atoms with van der Waals surface area (Å²) < 4.78 is 14.1. The highest BCUT2D eigenvalue weighted by Crippen LogP contribution is 2.34. The number of hydrogen-bond acceptors (Lipinski definition) is 2. The average Bonchev–Trinajstić information content (AvgIpc) is 3.45. The highest BCUT2D eigenvalue weighted by molar-refractivity contribution is 6.09. The number of halogens is 1. The number of carbonyl (C=O) groups is 2. The van der Waals surface area contributed by atoms with Crippen molar-refractivity contribution in [2.24, 2.45) is 5.92 Å². The third-order valence-corrected chi connectivity index (χ3v) is 5.88. The predicted octanol–water partition coefficient (Wildman–Crippen LogP) is 3.99. The maximum atomic E-state index is 14.1. The summed E-state index contributed by atoms with van der Waals surface area (Å²) in [6.45, 7) is 4.82. The average molecular weight is 380 g/mol. The lowest BCUT2D eigenvalue weighted by Crippen LogP contribution is -2.41. The van der Waals surface area contributed by atoms with Crippen molar-refractivity contribution in [3.8, 4) is 0 Å². The van der Waals surface area contributed by atoms with Crippen LogP contribution in [0, 0.1) is 25.6 Å². The summed E-state index contributed by atoms with van der Waals surface area (Å²) in [4.78, 5) is 29.6. The molecular weight excluding hydrogens is 355 g/mol. The lowest BCUT2D eigenvalue weighted by Gasteiger charge is -2.25. The minimum Gasteiger partial charge on any atom is -0.335 e. The van der Waals surface area contributed by atoms with Crippen LogP contribution in [-0.2, 0) is 16.1 Å². The second-order valence-electron chi connectivity index (χ2n) is 7.89. The van der Waals surface area contributed by atoms with Crippen molar-refractivity contribution in [2.45, 2.75) is 45.7 Å². The fourth-order valence-electron chi connectivity index (χ4n) is 3.84. The van der Waals surface area contributed by atoms with Crippen molar-refractivity contribution in [3.05, 3.63) is 65.0 Å². The van der Waals surface area contributed by atoms with E-state index in [1.165, 1.54) is 11.6 Å². The molecule has 1 aliphatic carbocycles. The summed E-state index contributed by atoms with van der Waals surface area (Å²) in [7, 11) is 0. The molecule has 1 aliphatic heterocycles. The normalized spacial score (nSPS) is 19.2. The molecule has 4 rings (SSSR count). The van der Waals surface area contributed by atoms with Crippen molar-refractivity contribution in [1.29, 1.82) is 0 Å². The Kier molecular flexibility index (Phi) is 4.92. The quantitative estimate of drug-likeness (QED) is 0.736. The van der Waals surface area contributed by atoms with Gasteiger partial charge in [-0.15, -0.1) is 0 Å². The monoisotopic (exact) mass is 380 g/mol. The van der Waals surface area contributed by atoms with E-state index in [2.05, 4.69) is 0 Å². The van der Waals surface area contributed by atoms with Gasteiger partial charge in [0.05, 0.1) is 0 Å². The van der Waals surface area contributed by atoms with Gasteiger partial charge in [-0.3, -0.25) is 9.59 Å². The highest BCUT2D eigenvalue weighted by atomic mass is 19.1. The van der Waals surface area contributed by atoms with Crippen LogP contribution < -0.4 is 4.90 Å². The SMILES string of the molecule is Cc1ccc(N2CCC(C(=O)N(Cc3ccccc3F)C3CC3)C2=O)cc1C. The summed E-state index contributed by atoms with van der Waals surface area (Å²) in [6, 6.07) is 12.6. The van der Waals surface area contributed by atoms with Crippen LogP contribution in [0.25, 0.3) is 0 Å². The van der Waals surface area contributed by atoms with E-state index in [0.717, 1.165) is 24.1 Å². The zero-order valence-electron chi connectivity index (χ0n) is 16.3. The van der Waals surface area contributed by atoms with E-state index in [4.69, 9.17) is 0 Å². The van der Waals surface area contributed by atoms with Gasteiger partial charge in [-0.25, -0.2) is 4.39 Å². The molecule has 5 heteroatoms. The third kappa shape index (κ3) is 3.53. The van der Waals surface area contributed by atoms with Gasteiger partial charge in [-0.2, -0.15) is 0 Å². The Hall–Kier alpha value is -2.69. The van der Waals surface area contributed by atoms with Crippen molar-refractivity contribution in [2.75, 3.05) is 11.4 Å². The van der Waals surface area contributed by atoms with Crippen molar-refractivity contribution in [1.82, 2.24) is 4.90 Å². The topological polar surface area (TPSA) is 40.6 Å². The second kappa shape index (κ2) is 7.38. The first-order chi connectivity index (χ1) is 13.5. The molecule has 1 saturated carbocycles. The van der Waals surface area contributed by atoms with Crippen LogP contribution in [0.4, 0.5) is 10.1 Å². The van der Waals surface area contributed by atoms with Crippen LogP contribution in [0.15, 0.2) is 42.5 Å². The number of nitrogens with zero attached hydrogens (tertiary/aromatic N) is 2. The smallest absolute Gasteiger partial charge is 0.239 e. The molecule has 0 spiro atoms. The highest BCUT2D eigenvalue weighted by Gasteiger charge is 2.43. The standard InChI is InChI=1S/C23H25FN2O2/c1-15-7-8-19(13-16(15)2)25-12-11-20(22(25)27)23(28)26(18-9-10-18)14-17-5-3-4-6-21(17)24/h3-8,13,18,20H,9-12,14H2,1-2H3. The van der Waals surface area contributed by atoms with E-state index in [1.807, 2.05) is 32.0 Å². The Labute approximate surface area is 164 Å². The fourth-order valence-corrected chi connectivity index (χ4v) is 3.84. The number of hydrogen-bond donors (Lipinski definition) is 0. The first-order valence-electron chi connectivity index (χ1n) is 9.88. The van der Waals surface area contributed by atoms with Gasteiger partial charge in [-0.05, 0) is 62.4 Å². The molecule has 146 valence electrons. The third-order valence-electron chi connectivity index (χ3n) is 5.88. The van der Waals surface area contributed by atoms with Gasteiger partial charge in [0.15, 0.2) is 0 Å². The molecule has 2 aliphatic rings. The largest absolute Gasteiger partial charge is 0.335 e. The van der Waals surface area contributed by atoms with Gasteiger partial charge in [0, 0.05) is 30.4 Å². The summed E-state index contributed by atoms with van der Waals surface area (Å²) in [6.07, 6.45) is 2.34. The van der Waals surface area contributed by atoms with E-state index < -0.39 is 5.92 Å². The van der Waals surface area contributed by atoms with Gasteiger partial charge in [0.1, 0.15) is 11.7 Å². The van der Waals surface area contributed by atoms with Gasteiger partial charge in [0.2, 0.25) is 11.8 Å². The van der Waals surface area contributed by atoms with Crippen LogP contribution >= 0.6 is 0 Å². The minimum atomic E-state index is -0.672. The molecule has 0 N–H and O–H groups in total. The van der Waals surface area contributed by atoms with Gasteiger partial charge < -0.3 is 9.80 Å². The molecule has 1 atom stereocenters. The van der Waals surface area contributed by atoms with Crippen molar-refractivity contribution in [3.63, 3.8) is 0 Å². The van der Waals surface area contributed by atoms with Crippen LogP contribution in [0.3, 0.4) is 0 Å². The number of amides is 2. The summed E-state index contributed by atoms with van der Waals surface area (Å²) >= 11 is 0. The Bertz CT molecular complexity index is 923. The van der Waals surface area contributed by atoms with Gasteiger partial charge >= 0.3 is 0 Å². The van der Waals surface area contributed by atoms with E-state index in [1.54, 1.807) is 28.0 Å². The first kappa shape index (κ1) is 18.7. The summed E-state index contributed by atoms with van der Waals surface area (Å²) in [5.74, 6) is -1.29. The summed E-state index contributed by atoms with van der Waals surface area (Å²) in [5, 5.41) is 0. The molecule has 1 saturated heterocycles. The van der Waals surface area contributed by atoms with Gasteiger partial charge in [-0.1, -0.05) is 24.3 Å². The van der Waals surface area contributed by atoms with E-state index in [9.17, 15) is 14.0 Å². The Morgan fingerprint density at radius 2 is 1.86 bits per heavy atom. The molecule has 0 radical (unpaired) electrons. The molecule has 2 aromatic rings. The van der Waals surface area contributed by atoms with E-state index in [0.29, 0.717) is 18.5 Å². The first-order valence-corrected chi connectivity index (χ1v) is 9.88. The molecule has 28 heavy (non-hydrogen) atoms. The molecule has 0 aromatic heterocycles. The van der Waals surface area contributed by atoms with E-state index in [-0.39, 0.29) is 30.2 Å². The maximum absolute atomic E-state index is 14.1.